The van der Waals surface area contributed by atoms with Gasteiger partial charge in [0.1, 0.15) is 0 Å². The van der Waals surface area contributed by atoms with E-state index < -0.39 is 0 Å². The Balaban J connectivity index is 2.11. The summed E-state index contributed by atoms with van der Waals surface area (Å²) < 4.78 is 0. The monoisotopic (exact) mass is 213 g/mol. The summed E-state index contributed by atoms with van der Waals surface area (Å²) in [6.45, 7) is 4.74. The smallest absolute Gasteiger partial charge is 0.220 e. The minimum atomic E-state index is -0.374. The summed E-state index contributed by atoms with van der Waals surface area (Å²) in [5, 5.41) is 12.0. The Bertz CT molecular complexity index is 210. The predicted octanol–water partition coefficient (Wildman–Crippen LogP) is 1.84. The zero-order chi connectivity index (χ0) is 11.3. The molecule has 3 nitrogen and oxygen atoms in total. The first-order valence-corrected chi connectivity index (χ1v) is 6.03. The van der Waals surface area contributed by atoms with E-state index in [1.807, 2.05) is 0 Å². The molecule has 1 aliphatic carbocycles. The SMILES string of the molecule is CCCC1(CNC(=O)CCC(C)O)CC1. The van der Waals surface area contributed by atoms with Gasteiger partial charge in [-0.1, -0.05) is 13.3 Å². The van der Waals surface area contributed by atoms with Crippen LogP contribution in [0.15, 0.2) is 0 Å². The third kappa shape index (κ3) is 4.65. The molecule has 0 heterocycles. The second-order valence-corrected chi connectivity index (χ2v) is 4.91. The molecule has 0 aromatic heterocycles. The molecule has 0 aromatic rings. The minimum Gasteiger partial charge on any atom is -0.393 e. The molecule has 1 aliphatic rings. The molecule has 0 aromatic carbocycles. The molecule has 0 aliphatic heterocycles. The molecule has 2 N–H and O–H groups in total. The van der Waals surface area contributed by atoms with Crippen LogP contribution in [0.2, 0.25) is 0 Å². The van der Waals surface area contributed by atoms with Crippen LogP contribution >= 0.6 is 0 Å². The van der Waals surface area contributed by atoms with Crippen molar-refractivity contribution in [2.75, 3.05) is 6.54 Å². The summed E-state index contributed by atoms with van der Waals surface area (Å²) in [4.78, 5) is 11.4. The molecule has 15 heavy (non-hydrogen) atoms. The molecule has 88 valence electrons. The maximum atomic E-state index is 11.4. The highest BCUT2D eigenvalue weighted by Crippen LogP contribution is 2.48. The fourth-order valence-electron chi connectivity index (χ4n) is 1.94. The number of hydrogen-bond acceptors (Lipinski definition) is 2. The van der Waals surface area contributed by atoms with Crippen LogP contribution in [0.5, 0.6) is 0 Å². The lowest BCUT2D eigenvalue weighted by atomic mass is 10.0. The first-order valence-electron chi connectivity index (χ1n) is 6.03. The van der Waals surface area contributed by atoms with Gasteiger partial charge in [0, 0.05) is 13.0 Å². The highest BCUT2D eigenvalue weighted by atomic mass is 16.3. The number of aliphatic hydroxyl groups is 1. The number of aliphatic hydroxyl groups excluding tert-OH is 1. The van der Waals surface area contributed by atoms with Crippen molar-refractivity contribution in [2.24, 2.45) is 5.41 Å². The second-order valence-electron chi connectivity index (χ2n) is 4.91. The molecular formula is C12H23NO2. The summed E-state index contributed by atoms with van der Waals surface area (Å²) in [5.41, 5.74) is 0.426. The molecule has 0 saturated heterocycles. The highest BCUT2D eigenvalue weighted by molar-refractivity contribution is 5.75. The van der Waals surface area contributed by atoms with Gasteiger partial charge in [-0.25, -0.2) is 0 Å². The van der Waals surface area contributed by atoms with Gasteiger partial charge in [0.25, 0.3) is 0 Å². The largest absolute Gasteiger partial charge is 0.393 e. The normalized spacial score (nSPS) is 19.7. The Labute approximate surface area is 92.3 Å². The molecule has 1 atom stereocenters. The van der Waals surface area contributed by atoms with Gasteiger partial charge in [-0.3, -0.25) is 4.79 Å². The molecule has 0 radical (unpaired) electrons. The van der Waals surface area contributed by atoms with Crippen LogP contribution in [0.25, 0.3) is 0 Å². The van der Waals surface area contributed by atoms with Crippen LogP contribution in [-0.4, -0.2) is 23.7 Å². The molecule has 1 fully saturated rings. The molecule has 1 unspecified atom stereocenters. The van der Waals surface area contributed by atoms with E-state index in [1.54, 1.807) is 6.92 Å². The lowest BCUT2D eigenvalue weighted by Crippen LogP contribution is -2.30. The van der Waals surface area contributed by atoms with Crippen molar-refractivity contribution < 1.29 is 9.90 Å². The summed E-state index contributed by atoms with van der Waals surface area (Å²) in [7, 11) is 0. The van der Waals surface area contributed by atoms with E-state index >= 15 is 0 Å². The summed E-state index contributed by atoms with van der Waals surface area (Å²) in [6.07, 6.45) is 5.58. The van der Waals surface area contributed by atoms with Gasteiger partial charge in [-0.15, -0.1) is 0 Å². The standard InChI is InChI=1S/C12H23NO2/c1-3-6-12(7-8-12)9-13-11(15)5-4-10(2)14/h10,14H,3-9H2,1-2H3,(H,13,15). The average Bonchev–Trinajstić information content (AvgIpc) is 2.93. The van der Waals surface area contributed by atoms with Crippen molar-refractivity contribution >= 4 is 5.91 Å². The Hall–Kier alpha value is -0.570. The average molecular weight is 213 g/mol. The summed E-state index contributed by atoms with van der Waals surface area (Å²) in [5.74, 6) is 0.0817. The highest BCUT2D eigenvalue weighted by Gasteiger charge is 2.41. The minimum absolute atomic E-state index is 0.0817. The molecular weight excluding hydrogens is 190 g/mol. The Morgan fingerprint density at radius 3 is 2.67 bits per heavy atom. The predicted molar refractivity (Wildman–Crippen MR) is 60.5 cm³/mol. The topological polar surface area (TPSA) is 49.3 Å². The number of carbonyl (C=O) groups is 1. The lowest BCUT2D eigenvalue weighted by molar-refractivity contribution is -0.121. The van der Waals surface area contributed by atoms with Crippen molar-refractivity contribution in [3.63, 3.8) is 0 Å². The van der Waals surface area contributed by atoms with Crippen molar-refractivity contribution in [2.45, 2.75) is 58.5 Å². The van der Waals surface area contributed by atoms with Crippen LogP contribution in [-0.2, 0) is 4.79 Å². The van der Waals surface area contributed by atoms with E-state index in [9.17, 15) is 4.79 Å². The van der Waals surface area contributed by atoms with Gasteiger partial charge in [0.05, 0.1) is 6.10 Å². The number of nitrogens with one attached hydrogen (secondary N) is 1. The van der Waals surface area contributed by atoms with Crippen molar-refractivity contribution in [3.8, 4) is 0 Å². The maximum absolute atomic E-state index is 11.4. The first-order chi connectivity index (χ1) is 7.08. The third-order valence-electron chi connectivity index (χ3n) is 3.19. The Morgan fingerprint density at radius 1 is 1.53 bits per heavy atom. The molecule has 0 spiro atoms. The van der Waals surface area contributed by atoms with Crippen LogP contribution in [0.3, 0.4) is 0 Å². The van der Waals surface area contributed by atoms with Gasteiger partial charge in [0.2, 0.25) is 5.91 Å². The van der Waals surface area contributed by atoms with E-state index in [-0.39, 0.29) is 12.0 Å². The van der Waals surface area contributed by atoms with Crippen LogP contribution in [0.1, 0.15) is 52.4 Å². The molecule has 1 rings (SSSR count). The lowest BCUT2D eigenvalue weighted by Gasteiger charge is -2.15. The molecule has 3 heteroatoms. The van der Waals surface area contributed by atoms with Crippen molar-refractivity contribution in [1.82, 2.24) is 5.32 Å². The van der Waals surface area contributed by atoms with Gasteiger partial charge in [-0.05, 0) is 38.0 Å². The van der Waals surface area contributed by atoms with Gasteiger partial charge in [-0.2, -0.15) is 0 Å². The number of amides is 1. The van der Waals surface area contributed by atoms with E-state index in [0.717, 1.165) is 6.54 Å². The van der Waals surface area contributed by atoms with Crippen LogP contribution in [0.4, 0.5) is 0 Å². The zero-order valence-corrected chi connectivity index (χ0v) is 9.88. The molecule has 1 saturated carbocycles. The quantitative estimate of drug-likeness (QED) is 0.678. The number of carbonyl (C=O) groups excluding carboxylic acids is 1. The van der Waals surface area contributed by atoms with Crippen LogP contribution < -0.4 is 5.32 Å². The molecule has 0 bridgehead atoms. The van der Waals surface area contributed by atoms with Crippen molar-refractivity contribution in [3.05, 3.63) is 0 Å². The van der Waals surface area contributed by atoms with Gasteiger partial charge in [0.15, 0.2) is 0 Å². The van der Waals surface area contributed by atoms with E-state index in [2.05, 4.69) is 12.2 Å². The van der Waals surface area contributed by atoms with E-state index in [4.69, 9.17) is 5.11 Å². The summed E-state index contributed by atoms with van der Waals surface area (Å²) in [6, 6.07) is 0. The Kier molecular flexibility index (Phi) is 4.58. The van der Waals surface area contributed by atoms with Gasteiger partial charge < -0.3 is 10.4 Å². The van der Waals surface area contributed by atoms with Gasteiger partial charge >= 0.3 is 0 Å². The van der Waals surface area contributed by atoms with E-state index in [0.29, 0.717) is 18.3 Å². The number of rotatable bonds is 7. The van der Waals surface area contributed by atoms with Crippen LogP contribution in [0, 0.1) is 5.41 Å². The third-order valence-corrected chi connectivity index (χ3v) is 3.19. The number of hydrogen-bond donors (Lipinski definition) is 2. The first kappa shape index (κ1) is 12.5. The fraction of sp³-hybridized carbons (Fsp3) is 0.917. The second kappa shape index (κ2) is 5.50. The summed E-state index contributed by atoms with van der Waals surface area (Å²) >= 11 is 0. The van der Waals surface area contributed by atoms with E-state index in [1.165, 1.54) is 25.7 Å². The van der Waals surface area contributed by atoms with Crippen molar-refractivity contribution in [1.29, 1.82) is 0 Å². The Morgan fingerprint density at radius 2 is 2.20 bits per heavy atom. The fourth-order valence-corrected chi connectivity index (χ4v) is 1.94. The molecule has 1 amide bonds. The zero-order valence-electron chi connectivity index (χ0n) is 9.88. The maximum Gasteiger partial charge on any atom is 0.220 e.